The summed E-state index contributed by atoms with van der Waals surface area (Å²) in [6, 6.07) is 5.83. The van der Waals surface area contributed by atoms with Crippen LogP contribution in [-0.4, -0.2) is 15.6 Å². The second-order valence-corrected chi connectivity index (χ2v) is 3.09. The Bertz CT molecular complexity index is 509. The highest BCUT2D eigenvalue weighted by atomic mass is 16.1. The molecule has 70 valence electrons. The van der Waals surface area contributed by atoms with Gasteiger partial charge in [-0.3, -0.25) is 0 Å². The number of carbonyl (C=O) groups excluding carboxylic acids is 1. The molecule has 0 saturated heterocycles. The molecule has 0 amide bonds. The summed E-state index contributed by atoms with van der Waals surface area (Å²) in [6.07, 6.45) is 3.28. The number of aromatic nitrogens is 2. The third-order valence-corrected chi connectivity index (χ3v) is 2.12. The zero-order valence-corrected chi connectivity index (χ0v) is 7.77. The minimum atomic E-state index is 0.371. The van der Waals surface area contributed by atoms with Crippen molar-refractivity contribution in [3.05, 3.63) is 30.1 Å². The summed E-state index contributed by atoms with van der Waals surface area (Å²) >= 11 is 0. The normalized spacial score (nSPS) is 10.1. The summed E-state index contributed by atoms with van der Waals surface area (Å²) in [4.78, 5) is 17.7. The molecule has 14 heavy (non-hydrogen) atoms. The number of nitrogens with zero attached hydrogens (tertiary/aromatic N) is 3. The van der Waals surface area contributed by atoms with E-state index in [-0.39, 0.29) is 0 Å². The first-order valence-electron chi connectivity index (χ1n) is 4.25. The van der Waals surface area contributed by atoms with Crippen molar-refractivity contribution in [2.24, 2.45) is 12.0 Å². The van der Waals surface area contributed by atoms with Crippen molar-refractivity contribution in [3.8, 4) is 0 Å². The minimum absolute atomic E-state index is 0.371. The zero-order chi connectivity index (χ0) is 9.97. The molecule has 0 fully saturated rings. The maximum Gasteiger partial charge on any atom is 0.235 e. The van der Waals surface area contributed by atoms with E-state index in [0.29, 0.717) is 6.54 Å². The van der Waals surface area contributed by atoms with E-state index in [1.54, 1.807) is 6.33 Å². The van der Waals surface area contributed by atoms with Crippen molar-refractivity contribution in [3.63, 3.8) is 0 Å². The van der Waals surface area contributed by atoms with E-state index in [1.165, 1.54) is 6.08 Å². The average Bonchev–Trinajstić information content (AvgIpc) is 2.57. The third kappa shape index (κ3) is 1.43. The Morgan fingerprint density at radius 3 is 3.21 bits per heavy atom. The van der Waals surface area contributed by atoms with Crippen molar-refractivity contribution in [2.45, 2.75) is 6.54 Å². The minimum Gasteiger partial charge on any atom is -0.334 e. The van der Waals surface area contributed by atoms with Gasteiger partial charge in [0.2, 0.25) is 6.08 Å². The largest absolute Gasteiger partial charge is 0.334 e. The Morgan fingerprint density at radius 1 is 1.57 bits per heavy atom. The van der Waals surface area contributed by atoms with E-state index in [0.717, 1.165) is 16.6 Å². The number of rotatable bonds is 2. The molecule has 0 aliphatic rings. The molecular weight excluding hydrogens is 178 g/mol. The lowest BCUT2D eigenvalue weighted by molar-refractivity contribution is 0.563. The topological polar surface area (TPSA) is 47.2 Å². The van der Waals surface area contributed by atoms with Crippen LogP contribution in [0.15, 0.2) is 29.5 Å². The highest BCUT2D eigenvalue weighted by Crippen LogP contribution is 2.14. The third-order valence-electron chi connectivity index (χ3n) is 2.12. The van der Waals surface area contributed by atoms with Crippen molar-refractivity contribution >= 4 is 17.1 Å². The molecule has 0 radical (unpaired) electrons. The standard InChI is InChI=1S/C10H9N3O/c1-13-6-12-9-4-8(5-11-7-14)2-3-10(9)13/h2-4,6H,5H2,1H3. The highest BCUT2D eigenvalue weighted by Gasteiger charge is 1.99. The molecule has 0 spiro atoms. The fourth-order valence-electron chi connectivity index (χ4n) is 1.40. The molecule has 1 heterocycles. The van der Waals surface area contributed by atoms with Crippen LogP contribution in [0.4, 0.5) is 0 Å². The molecule has 0 atom stereocenters. The number of aryl methyl sites for hydroxylation is 1. The monoisotopic (exact) mass is 187 g/mol. The van der Waals surface area contributed by atoms with E-state index in [2.05, 4.69) is 9.98 Å². The second kappa shape index (κ2) is 3.44. The molecule has 0 saturated carbocycles. The average molecular weight is 187 g/mol. The van der Waals surface area contributed by atoms with Crippen LogP contribution in [0.2, 0.25) is 0 Å². The summed E-state index contributed by atoms with van der Waals surface area (Å²) in [5.41, 5.74) is 2.97. The van der Waals surface area contributed by atoms with Gasteiger partial charge in [-0.2, -0.15) is 0 Å². The van der Waals surface area contributed by atoms with Crippen molar-refractivity contribution in [1.82, 2.24) is 9.55 Å². The molecule has 1 aromatic heterocycles. The van der Waals surface area contributed by atoms with Crippen molar-refractivity contribution < 1.29 is 4.79 Å². The number of isocyanates is 1. The lowest BCUT2D eigenvalue weighted by atomic mass is 10.2. The van der Waals surface area contributed by atoms with Gasteiger partial charge in [0.15, 0.2) is 0 Å². The fraction of sp³-hybridized carbons (Fsp3) is 0.200. The van der Waals surface area contributed by atoms with E-state index < -0.39 is 0 Å². The summed E-state index contributed by atoms with van der Waals surface area (Å²) in [6.45, 7) is 0.371. The number of fused-ring (bicyclic) bond motifs is 1. The molecule has 0 aliphatic heterocycles. The highest BCUT2D eigenvalue weighted by molar-refractivity contribution is 5.75. The molecule has 4 heteroatoms. The van der Waals surface area contributed by atoms with Crippen LogP contribution in [0, 0.1) is 0 Å². The van der Waals surface area contributed by atoms with E-state index >= 15 is 0 Å². The number of hydrogen-bond donors (Lipinski definition) is 0. The van der Waals surface area contributed by atoms with Gasteiger partial charge < -0.3 is 4.57 Å². The van der Waals surface area contributed by atoms with Crippen LogP contribution in [0.3, 0.4) is 0 Å². The van der Waals surface area contributed by atoms with Gasteiger partial charge in [-0.05, 0) is 17.7 Å². The quantitative estimate of drug-likeness (QED) is 0.527. The van der Waals surface area contributed by atoms with E-state index in [4.69, 9.17) is 0 Å². The first-order chi connectivity index (χ1) is 6.81. The Labute approximate surface area is 80.9 Å². The van der Waals surface area contributed by atoms with Crippen molar-refractivity contribution in [2.75, 3.05) is 0 Å². The first kappa shape index (κ1) is 8.66. The number of benzene rings is 1. The Morgan fingerprint density at radius 2 is 2.43 bits per heavy atom. The predicted molar refractivity (Wildman–Crippen MR) is 52.5 cm³/mol. The van der Waals surface area contributed by atoms with Gasteiger partial charge in [-0.1, -0.05) is 6.07 Å². The lowest BCUT2D eigenvalue weighted by Crippen LogP contribution is -1.85. The summed E-state index contributed by atoms with van der Waals surface area (Å²) in [5, 5.41) is 0. The SMILES string of the molecule is Cn1cnc2cc(CN=C=O)ccc21. The Hall–Kier alpha value is -1.93. The number of imidazole rings is 1. The molecular formula is C10H9N3O. The van der Waals surface area contributed by atoms with Gasteiger partial charge >= 0.3 is 0 Å². The molecule has 0 N–H and O–H groups in total. The van der Waals surface area contributed by atoms with Gasteiger partial charge in [0, 0.05) is 7.05 Å². The molecule has 0 bridgehead atoms. The summed E-state index contributed by atoms with van der Waals surface area (Å²) < 4.78 is 1.95. The fourth-order valence-corrected chi connectivity index (χ4v) is 1.40. The van der Waals surface area contributed by atoms with Crippen molar-refractivity contribution in [1.29, 1.82) is 0 Å². The molecule has 4 nitrogen and oxygen atoms in total. The maximum atomic E-state index is 9.93. The van der Waals surface area contributed by atoms with Gasteiger partial charge in [-0.15, -0.1) is 0 Å². The lowest BCUT2D eigenvalue weighted by Gasteiger charge is -1.96. The molecule has 2 rings (SSSR count). The van der Waals surface area contributed by atoms with E-state index in [1.807, 2.05) is 29.8 Å². The van der Waals surface area contributed by atoms with Gasteiger partial charge in [0.05, 0.1) is 23.9 Å². The number of aliphatic imine (C=N–C) groups is 1. The molecule has 2 aromatic rings. The van der Waals surface area contributed by atoms with Crippen LogP contribution < -0.4 is 0 Å². The van der Waals surface area contributed by atoms with Crippen LogP contribution in [0.5, 0.6) is 0 Å². The summed E-state index contributed by atoms with van der Waals surface area (Å²) in [7, 11) is 1.94. The van der Waals surface area contributed by atoms with Gasteiger partial charge in [0.1, 0.15) is 0 Å². The van der Waals surface area contributed by atoms with Crippen LogP contribution >= 0.6 is 0 Å². The summed E-state index contributed by atoms with van der Waals surface area (Å²) in [5.74, 6) is 0. The van der Waals surface area contributed by atoms with Crippen LogP contribution in [0.1, 0.15) is 5.56 Å². The second-order valence-electron chi connectivity index (χ2n) is 3.09. The van der Waals surface area contributed by atoms with Gasteiger partial charge in [0.25, 0.3) is 0 Å². The zero-order valence-electron chi connectivity index (χ0n) is 7.77. The van der Waals surface area contributed by atoms with Crippen LogP contribution in [-0.2, 0) is 18.4 Å². The Balaban J connectivity index is 2.46. The molecule has 0 unspecified atom stereocenters. The molecule has 1 aromatic carbocycles. The first-order valence-corrected chi connectivity index (χ1v) is 4.25. The number of hydrogen-bond acceptors (Lipinski definition) is 3. The Kier molecular flexibility index (Phi) is 2.13. The van der Waals surface area contributed by atoms with E-state index in [9.17, 15) is 4.79 Å². The van der Waals surface area contributed by atoms with Crippen LogP contribution in [0.25, 0.3) is 11.0 Å². The van der Waals surface area contributed by atoms with Gasteiger partial charge in [-0.25, -0.2) is 14.8 Å². The molecule has 0 aliphatic carbocycles. The predicted octanol–water partition coefficient (Wildman–Crippen LogP) is 1.41. The smallest absolute Gasteiger partial charge is 0.235 e. The maximum absolute atomic E-state index is 9.93.